The second kappa shape index (κ2) is 12.1. The summed E-state index contributed by atoms with van der Waals surface area (Å²) in [7, 11) is -4.42. The maximum atomic E-state index is 13.5. The van der Waals surface area contributed by atoms with E-state index in [-0.39, 0.29) is 73.8 Å². The summed E-state index contributed by atoms with van der Waals surface area (Å²) in [6, 6.07) is 8.56. The highest BCUT2D eigenvalue weighted by Crippen LogP contribution is 2.59. The van der Waals surface area contributed by atoms with E-state index in [2.05, 4.69) is 25.1 Å². The summed E-state index contributed by atoms with van der Waals surface area (Å²) < 4.78 is 75.0. The van der Waals surface area contributed by atoms with Crippen molar-refractivity contribution < 1.29 is 35.9 Å². The Morgan fingerprint density at radius 3 is 2.50 bits per heavy atom. The topological polar surface area (TPSA) is 174 Å². The first-order chi connectivity index (χ1) is 21.5. The summed E-state index contributed by atoms with van der Waals surface area (Å²) in [5.74, 6) is -0.667. The molecule has 1 aliphatic heterocycles. The molecule has 2 fully saturated rings. The van der Waals surface area contributed by atoms with E-state index in [1.165, 1.54) is 47.3 Å². The van der Waals surface area contributed by atoms with Crippen molar-refractivity contribution >= 4 is 33.5 Å². The van der Waals surface area contributed by atoms with E-state index < -0.39 is 44.0 Å². The fourth-order valence-electron chi connectivity index (χ4n) is 5.71. The Bertz CT molecular complexity index is 1740. The number of primary amides is 1. The Labute approximate surface area is 263 Å². The number of amides is 2. The normalized spacial score (nSPS) is 18.4. The van der Waals surface area contributed by atoms with Gasteiger partial charge in [0.15, 0.2) is 10.8 Å². The first-order valence-corrected chi connectivity index (χ1v) is 16.1. The molecule has 1 unspecified atom stereocenters. The smallest absolute Gasteiger partial charge is 0.394 e. The van der Waals surface area contributed by atoms with Crippen LogP contribution in [0.15, 0.2) is 47.6 Å². The molecule has 1 atom stereocenters. The fraction of sp³-hybridized carbons (Fsp3) is 0.483. The second-order valence-corrected chi connectivity index (χ2v) is 13.8. The van der Waals surface area contributed by atoms with E-state index in [9.17, 15) is 31.2 Å². The van der Waals surface area contributed by atoms with Crippen molar-refractivity contribution in [2.75, 3.05) is 23.4 Å². The van der Waals surface area contributed by atoms with Gasteiger partial charge in [0.05, 0.1) is 17.6 Å². The number of carbonyl (C=O) groups is 2. The number of hydrogen-bond acceptors (Lipinski definition) is 10. The van der Waals surface area contributed by atoms with Crippen molar-refractivity contribution in [1.29, 1.82) is 0 Å². The molecule has 4 heterocycles. The fourth-order valence-corrected chi connectivity index (χ4v) is 6.65. The van der Waals surface area contributed by atoms with Crippen molar-refractivity contribution in [1.82, 2.24) is 24.5 Å². The molecule has 4 N–H and O–H groups in total. The Kier molecular flexibility index (Phi) is 8.65. The molecule has 46 heavy (non-hydrogen) atoms. The van der Waals surface area contributed by atoms with Gasteiger partial charge in [-0.05, 0) is 70.7 Å². The summed E-state index contributed by atoms with van der Waals surface area (Å²) >= 11 is 0. The maximum Gasteiger partial charge on any atom is 0.394 e. The zero-order valence-corrected chi connectivity index (χ0v) is 26.3. The summed E-state index contributed by atoms with van der Waals surface area (Å²) in [6.45, 7) is 5.88. The largest absolute Gasteiger partial charge is 0.477 e. The lowest BCUT2D eigenvalue weighted by Crippen LogP contribution is -2.62. The SMILES string of the molecule is CC1CC(C)(C)N1c1nc(-n2ccc(OCCC3(C(F)(F)F)CC3)n2)ccc1C(=O)NS(=O)(=O)c1cccc(NCCC(N)=O)n1. The molecule has 2 amide bonds. The second-order valence-electron chi connectivity index (χ2n) is 12.2. The van der Waals surface area contributed by atoms with Crippen LogP contribution in [0.2, 0.25) is 0 Å². The number of sulfonamides is 1. The van der Waals surface area contributed by atoms with Crippen LogP contribution in [0.3, 0.4) is 0 Å². The van der Waals surface area contributed by atoms with Gasteiger partial charge in [-0.1, -0.05) is 6.07 Å². The first kappa shape index (κ1) is 33.0. The number of nitrogens with one attached hydrogen (secondary N) is 2. The third-order valence-electron chi connectivity index (χ3n) is 8.21. The number of hydrogen-bond donors (Lipinski definition) is 3. The molecule has 1 saturated carbocycles. The minimum Gasteiger partial charge on any atom is -0.477 e. The van der Waals surface area contributed by atoms with Crippen LogP contribution in [0.4, 0.5) is 24.8 Å². The van der Waals surface area contributed by atoms with Crippen LogP contribution >= 0.6 is 0 Å². The molecule has 1 saturated heterocycles. The Balaban J connectivity index is 1.35. The van der Waals surface area contributed by atoms with Gasteiger partial charge in [-0.2, -0.15) is 21.6 Å². The molecule has 3 aromatic rings. The standard InChI is InChI=1S/C29H35F3N8O5S/c1-18-17-27(2,3)40(18)25-19(26(42)38-46(43,44)24-6-4-5-21(35-24)34-14-9-20(33)41)7-8-22(36-25)39-15-10-23(37-39)45-16-13-28(11-12-28)29(30,31)32/h4-8,10,15,18H,9,11-14,16-17H2,1-3H3,(H2,33,41)(H,34,35)(H,38,42). The lowest BCUT2D eigenvalue weighted by Gasteiger charge is -2.55. The molecule has 2 aliphatic rings. The predicted molar refractivity (Wildman–Crippen MR) is 161 cm³/mol. The summed E-state index contributed by atoms with van der Waals surface area (Å²) in [5, 5.41) is 6.68. The van der Waals surface area contributed by atoms with Crippen LogP contribution in [0.5, 0.6) is 5.88 Å². The third-order valence-corrected chi connectivity index (χ3v) is 9.44. The molecule has 5 rings (SSSR count). The zero-order valence-electron chi connectivity index (χ0n) is 25.5. The van der Waals surface area contributed by atoms with Crippen LogP contribution < -0.4 is 25.4 Å². The monoisotopic (exact) mass is 664 g/mol. The number of nitrogens with zero attached hydrogens (tertiary/aromatic N) is 5. The van der Waals surface area contributed by atoms with Gasteiger partial charge in [0.2, 0.25) is 11.8 Å². The Morgan fingerprint density at radius 2 is 1.87 bits per heavy atom. The molecule has 248 valence electrons. The molecular weight excluding hydrogens is 629 g/mol. The highest BCUT2D eigenvalue weighted by molar-refractivity contribution is 7.90. The summed E-state index contributed by atoms with van der Waals surface area (Å²) in [6.07, 6.45) is -1.91. The Morgan fingerprint density at radius 1 is 1.13 bits per heavy atom. The molecule has 0 bridgehead atoms. The molecule has 13 nitrogen and oxygen atoms in total. The number of halogens is 3. The quantitative estimate of drug-likeness (QED) is 0.245. The lowest BCUT2D eigenvalue weighted by molar-refractivity contribution is -0.190. The molecule has 0 aromatic carbocycles. The van der Waals surface area contributed by atoms with Gasteiger partial charge in [0.1, 0.15) is 11.6 Å². The minimum atomic E-state index is -4.42. The van der Waals surface area contributed by atoms with Gasteiger partial charge >= 0.3 is 6.18 Å². The molecular formula is C29H35F3N8O5S. The lowest BCUT2D eigenvalue weighted by atomic mass is 9.82. The number of anilines is 2. The van der Waals surface area contributed by atoms with Crippen molar-refractivity contribution in [2.24, 2.45) is 11.1 Å². The molecule has 1 aliphatic carbocycles. The number of nitrogens with two attached hydrogens (primary N) is 1. The van der Waals surface area contributed by atoms with E-state index in [0.29, 0.717) is 0 Å². The van der Waals surface area contributed by atoms with Crippen molar-refractivity contribution in [3.8, 4) is 11.7 Å². The molecule has 3 aromatic heterocycles. The number of rotatable bonds is 13. The van der Waals surface area contributed by atoms with E-state index in [4.69, 9.17) is 10.5 Å². The highest BCUT2D eigenvalue weighted by Gasteiger charge is 2.62. The number of pyridine rings is 2. The minimum absolute atomic E-state index is 0.00630. The zero-order chi connectivity index (χ0) is 33.5. The molecule has 0 radical (unpaired) electrons. The molecule has 0 spiro atoms. The number of alkyl halides is 3. The van der Waals surface area contributed by atoms with Crippen molar-refractivity contribution in [3.05, 3.63) is 48.2 Å². The predicted octanol–water partition coefficient (Wildman–Crippen LogP) is 3.56. The molecule has 17 heteroatoms. The number of carbonyl (C=O) groups excluding carboxylic acids is 2. The Hall–Kier alpha value is -4.41. The number of aromatic nitrogens is 4. The summed E-state index contributed by atoms with van der Waals surface area (Å²) in [5.41, 5.74) is 3.04. The van der Waals surface area contributed by atoms with Crippen LogP contribution in [-0.4, -0.2) is 70.9 Å². The van der Waals surface area contributed by atoms with Gasteiger partial charge in [0.25, 0.3) is 15.9 Å². The third kappa shape index (κ3) is 6.88. The summed E-state index contributed by atoms with van der Waals surface area (Å²) in [4.78, 5) is 35.1. The van der Waals surface area contributed by atoms with Crippen LogP contribution in [0.25, 0.3) is 5.82 Å². The van der Waals surface area contributed by atoms with Gasteiger partial charge in [0, 0.05) is 36.8 Å². The van der Waals surface area contributed by atoms with E-state index >= 15 is 0 Å². The van der Waals surface area contributed by atoms with Crippen molar-refractivity contribution in [3.63, 3.8) is 0 Å². The maximum absolute atomic E-state index is 13.5. The first-order valence-electron chi connectivity index (χ1n) is 14.6. The van der Waals surface area contributed by atoms with Gasteiger partial charge in [-0.15, -0.1) is 5.10 Å². The van der Waals surface area contributed by atoms with Gasteiger partial charge in [-0.25, -0.2) is 19.4 Å². The highest BCUT2D eigenvalue weighted by atomic mass is 32.2. The average molecular weight is 665 g/mol. The van der Waals surface area contributed by atoms with Crippen LogP contribution in [0.1, 0.15) is 63.2 Å². The average Bonchev–Trinajstić information content (AvgIpc) is 3.62. The van der Waals surface area contributed by atoms with Gasteiger partial charge < -0.3 is 20.7 Å². The van der Waals surface area contributed by atoms with E-state index in [1.54, 1.807) is 0 Å². The number of ether oxygens (including phenoxy) is 1. The van der Waals surface area contributed by atoms with E-state index in [0.717, 1.165) is 6.42 Å². The van der Waals surface area contributed by atoms with Crippen LogP contribution in [-0.2, 0) is 14.8 Å². The van der Waals surface area contributed by atoms with Crippen molar-refractivity contribution in [2.45, 2.75) is 75.7 Å². The van der Waals surface area contributed by atoms with Crippen LogP contribution in [0, 0.1) is 5.41 Å². The van der Waals surface area contributed by atoms with Gasteiger partial charge in [-0.3, -0.25) is 9.59 Å². The van der Waals surface area contributed by atoms with E-state index in [1.807, 2.05) is 25.7 Å².